The van der Waals surface area contributed by atoms with E-state index in [1.54, 1.807) is 31.2 Å². The molecule has 2 rings (SSSR count). The zero-order valence-electron chi connectivity index (χ0n) is 13.4. The molecule has 0 spiro atoms. The minimum atomic E-state index is -0.618. The number of aryl methyl sites for hydroxylation is 1. The summed E-state index contributed by atoms with van der Waals surface area (Å²) >= 11 is 0. The molecule has 0 unspecified atom stereocenters. The van der Waals surface area contributed by atoms with E-state index in [9.17, 15) is 9.59 Å². The van der Waals surface area contributed by atoms with Crippen LogP contribution in [0, 0.1) is 6.92 Å². The van der Waals surface area contributed by atoms with Crippen LogP contribution in [0.3, 0.4) is 0 Å². The summed E-state index contributed by atoms with van der Waals surface area (Å²) in [5.74, 6) is 0.277. The first-order chi connectivity index (χ1) is 10.9. The molecular weight excluding hydrogens is 292 g/mol. The van der Waals surface area contributed by atoms with Gasteiger partial charge in [-0.15, -0.1) is 0 Å². The maximum absolute atomic E-state index is 12.1. The number of hydrogen-bond donors (Lipinski definition) is 2. The molecule has 23 heavy (non-hydrogen) atoms. The molecule has 0 aliphatic rings. The fourth-order valence-corrected chi connectivity index (χ4v) is 1.96. The number of rotatable bonds is 5. The van der Waals surface area contributed by atoms with E-state index in [4.69, 9.17) is 4.74 Å². The molecule has 0 heterocycles. The lowest BCUT2D eigenvalue weighted by atomic mass is 10.2. The summed E-state index contributed by atoms with van der Waals surface area (Å²) in [5, 5.41) is 5.45. The fraction of sp³-hybridized carbons (Fsp3) is 0.222. The van der Waals surface area contributed by atoms with Crippen LogP contribution in [-0.2, 0) is 9.59 Å². The second-order valence-corrected chi connectivity index (χ2v) is 5.32. The first kappa shape index (κ1) is 16.5. The molecule has 0 fully saturated rings. The van der Waals surface area contributed by atoms with Gasteiger partial charge in [-0.05, 0) is 50.2 Å². The van der Waals surface area contributed by atoms with E-state index in [2.05, 4.69) is 10.6 Å². The molecule has 2 aromatic carbocycles. The molecule has 5 nitrogen and oxygen atoms in total. The van der Waals surface area contributed by atoms with Gasteiger partial charge in [-0.3, -0.25) is 9.59 Å². The van der Waals surface area contributed by atoms with Crippen molar-refractivity contribution in [3.63, 3.8) is 0 Å². The van der Waals surface area contributed by atoms with E-state index in [1.165, 1.54) is 6.92 Å². The standard InChI is InChI=1S/C18H20N2O3/c1-12-4-10-17(11-5-12)23-13(2)18(22)20-16-8-6-15(7-9-16)19-14(3)21/h4-11,13H,1-3H3,(H,19,21)(H,20,22)/t13-/m1/s1. The number of hydrogen-bond acceptors (Lipinski definition) is 3. The third kappa shape index (κ3) is 5.14. The first-order valence-corrected chi connectivity index (χ1v) is 7.36. The van der Waals surface area contributed by atoms with Crippen LogP contribution in [0.15, 0.2) is 48.5 Å². The Labute approximate surface area is 135 Å². The lowest BCUT2D eigenvalue weighted by Gasteiger charge is -2.15. The SMILES string of the molecule is CC(=O)Nc1ccc(NC(=O)[C@@H](C)Oc2ccc(C)cc2)cc1. The Hall–Kier alpha value is -2.82. The molecule has 120 valence electrons. The Morgan fingerprint density at radius 1 is 0.913 bits per heavy atom. The average molecular weight is 312 g/mol. The maximum atomic E-state index is 12.1. The van der Waals surface area contributed by atoms with Crippen LogP contribution >= 0.6 is 0 Å². The zero-order valence-corrected chi connectivity index (χ0v) is 13.4. The second kappa shape index (κ2) is 7.45. The number of carbonyl (C=O) groups is 2. The summed E-state index contributed by atoms with van der Waals surface area (Å²) in [7, 11) is 0. The smallest absolute Gasteiger partial charge is 0.265 e. The number of nitrogens with one attached hydrogen (secondary N) is 2. The van der Waals surface area contributed by atoms with Gasteiger partial charge in [0.05, 0.1) is 0 Å². The molecule has 0 aromatic heterocycles. The number of anilines is 2. The molecule has 2 aromatic rings. The molecule has 0 saturated carbocycles. The van der Waals surface area contributed by atoms with Gasteiger partial charge in [-0.25, -0.2) is 0 Å². The Morgan fingerprint density at radius 2 is 1.43 bits per heavy atom. The van der Waals surface area contributed by atoms with Crippen LogP contribution in [-0.4, -0.2) is 17.9 Å². The molecule has 0 aliphatic heterocycles. The summed E-state index contributed by atoms with van der Waals surface area (Å²) < 4.78 is 5.61. The molecule has 0 aliphatic carbocycles. The summed E-state index contributed by atoms with van der Waals surface area (Å²) in [5.41, 5.74) is 2.46. The molecule has 2 N–H and O–H groups in total. The highest BCUT2D eigenvalue weighted by molar-refractivity contribution is 5.94. The van der Waals surface area contributed by atoms with Gasteiger partial charge in [0.15, 0.2) is 6.10 Å². The monoisotopic (exact) mass is 312 g/mol. The molecule has 2 amide bonds. The van der Waals surface area contributed by atoms with Gasteiger partial charge in [0.25, 0.3) is 5.91 Å². The normalized spacial score (nSPS) is 11.4. The number of amides is 2. The van der Waals surface area contributed by atoms with Crippen molar-refractivity contribution in [2.75, 3.05) is 10.6 Å². The highest BCUT2D eigenvalue weighted by atomic mass is 16.5. The van der Waals surface area contributed by atoms with Crippen LogP contribution in [0.5, 0.6) is 5.75 Å². The number of ether oxygens (including phenoxy) is 1. The highest BCUT2D eigenvalue weighted by Gasteiger charge is 2.14. The van der Waals surface area contributed by atoms with E-state index in [0.717, 1.165) is 5.56 Å². The van der Waals surface area contributed by atoms with Gasteiger partial charge < -0.3 is 15.4 Å². The van der Waals surface area contributed by atoms with Crippen molar-refractivity contribution < 1.29 is 14.3 Å². The van der Waals surface area contributed by atoms with Gasteiger partial charge >= 0.3 is 0 Å². The largest absolute Gasteiger partial charge is 0.481 e. The van der Waals surface area contributed by atoms with E-state index < -0.39 is 6.10 Å². The minimum absolute atomic E-state index is 0.137. The predicted molar refractivity (Wildman–Crippen MR) is 90.6 cm³/mol. The molecule has 0 saturated heterocycles. The second-order valence-electron chi connectivity index (χ2n) is 5.32. The predicted octanol–water partition coefficient (Wildman–Crippen LogP) is 3.36. The highest BCUT2D eigenvalue weighted by Crippen LogP contribution is 2.16. The number of benzene rings is 2. The van der Waals surface area contributed by atoms with Crippen LogP contribution < -0.4 is 15.4 Å². The van der Waals surface area contributed by atoms with Gasteiger partial charge in [0, 0.05) is 18.3 Å². The average Bonchev–Trinajstić information content (AvgIpc) is 2.51. The van der Waals surface area contributed by atoms with E-state index >= 15 is 0 Å². The van der Waals surface area contributed by atoms with Gasteiger partial charge in [-0.2, -0.15) is 0 Å². The Morgan fingerprint density at radius 3 is 1.96 bits per heavy atom. The molecular formula is C18H20N2O3. The van der Waals surface area contributed by atoms with E-state index in [-0.39, 0.29) is 11.8 Å². The van der Waals surface area contributed by atoms with Crippen molar-refractivity contribution in [2.45, 2.75) is 26.9 Å². The van der Waals surface area contributed by atoms with Crippen LogP contribution in [0.1, 0.15) is 19.4 Å². The summed E-state index contributed by atoms with van der Waals surface area (Å²) in [4.78, 5) is 23.1. The third-order valence-corrected chi connectivity index (χ3v) is 3.18. The maximum Gasteiger partial charge on any atom is 0.265 e. The van der Waals surface area contributed by atoms with E-state index in [0.29, 0.717) is 17.1 Å². The lowest BCUT2D eigenvalue weighted by Crippen LogP contribution is -2.30. The quantitative estimate of drug-likeness (QED) is 0.889. The molecule has 5 heteroatoms. The van der Waals surface area contributed by atoms with Crippen LogP contribution in [0.2, 0.25) is 0 Å². The molecule has 0 bridgehead atoms. The first-order valence-electron chi connectivity index (χ1n) is 7.36. The summed E-state index contributed by atoms with van der Waals surface area (Å²) in [6.07, 6.45) is -0.618. The van der Waals surface area contributed by atoms with Crippen molar-refractivity contribution in [3.05, 3.63) is 54.1 Å². The summed E-state index contributed by atoms with van der Waals surface area (Å²) in [6, 6.07) is 14.4. The van der Waals surface area contributed by atoms with Crippen LogP contribution in [0.25, 0.3) is 0 Å². The number of carbonyl (C=O) groups excluding carboxylic acids is 2. The Balaban J connectivity index is 1.92. The minimum Gasteiger partial charge on any atom is -0.481 e. The zero-order chi connectivity index (χ0) is 16.8. The Kier molecular flexibility index (Phi) is 5.36. The van der Waals surface area contributed by atoms with E-state index in [1.807, 2.05) is 31.2 Å². The van der Waals surface area contributed by atoms with Crippen molar-refractivity contribution in [1.29, 1.82) is 0 Å². The van der Waals surface area contributed by atoms with Crippen molar-refractivity contribution in [3.8, 4) is 5.75 Å². The van der Waals surface area contributed by atoms with Gasteiger partial charge in [0.2, 0.25) is 5.91 Å². The lowest BCUT2D eigenvalue weighted by molar-refractivity contribution is -0.122. The van der Waals surface area contributed by atoms with Crippen molar-refractivity contribution in [1.82, 2.24) is 0 Å². The van der Waals surface area contributed by atoms with Crippen molar-refractivity contribution >= 4 is 23.2 Å². The molecule has 0 radical (unpaired) electrons. The topological polar surface area (TPSA) is 67.4 Å². The van der Waals surface area contributed by atoms with Gasteiger partial charge in [-0.1, -0.05) is 17.7 Å². The van der Waals surface area contributed by atoms with Crippen LogP contribution in [0.4, 0.5) is 11.4 Å². The Bertz CT molecular complexity index is 678. The molecule has 1 atom stereocenters. The van der Waals surface area contributed by atoms with Gasteiger partial charge in [0.1, 0.15) is 5.75 Å². The fourth-order valence-electron chi connectivity index (χ4n) is 1.96. The summed E-state index contributed by atoms with van der Waals surface area (Å²) in [6.45, 7) is 5.13. The third-order valence-electron chi connectivity index (χ3n) is 3.18. The van der Waals surface area contributed by atoms with Crippen molar-refractivity contribution in [2.24, 2.45) is 0 Å².